The van der Waals surface area contributed by atoms with Crippen molar-refractivity contribution in [2.75, 3.05) is 38.1 Å². The number of hydrogen-bond acceptors (Lipinski definition) is 4. The third kappa shape index (κ3) is 4.56. The van der Waals surface area contributed by atoms with E-state index in [4.69, 9.17) is 11.6 Å². The molecule has 0 aliphatic carbocycles. The summed E-state index contributed by atoms with van der Waals surface area (Å²) >= 11 is 6.44. The zero-order chi connectivity index (χ0) is 15.4. The van der Waals surface area contributed by atoms with Crippen molar-refractivity contribution in [3.05, 3.63) is 22.8 Å². The highest BCUT2D eigenvalue weighted by Gasteiger charge is 2.23. The molecule has 1 aromatic heterocycles. The van der Waals surface area contributed by atoms with Crippen LogP contribution in [0.2, 0.25) is 5.02 Å². The summed E-state index contributed by atoms with van der Waals surface area (Å²) < 4.78 is 0. The van der Waals surface area contributed by atoms with E-state index in [-0.39, 0.29) is 0 Å². The second-order valence-electron chi connectivity index (χ2n) is 6.45. The number of hydrogen-bond donors (Lipinski definition) is 1. The minimum Gasteiger partial charge on any atom is -0.353 e. The summed E-state index contributed by atoms with van der Waals surface area (Å²) in [7, 11) is 2.17. The molecule has 1 aliphatic heterocycles. The zero-order valence-corrected chi connectivity index (χ0v) is 14.3. The number of rotatable bonds is 5. The van der Waals surface area contributed by atoms with Gasteiger partial charge in [0.15, 0.2) is 0 Å². The number of nitrogens with one attached hydrogen (secondary N) is 1. The summed E-state index contributed by atoms with van der Waals surface area (Å²) in [6, 6.07) is 2.57. The van der Waals surface area contributed by atoms with E-state index >= 15 is 0 Å². The van der Waals surface area contributed by atoms with Crippen LogP contribution >= 0.6 is 11.6 Å². The average Bonchev–Trinajstić information content (AvgIpc) is 2.42. The Morgan fingerprint density at radius 2 is 2.19 bits per heavy atom. The minimum absolute atomic E-state index is 0.531. The van der Waals surface area contributed by atoms with Gasteiger partial charge < -0.3 is 15.1 Å². The third-order valence-electron chi connectivity index (χ3n) is 4.02. The van der Waals surface area contributed by atoms with E-state index < -0.39 is 0 Å². The van der Waals surface area contributed by atoms with Gasteiger partial charge in [-0.05, 0) is 38.1 Å². The Morgan fingerprint density at radius 3 is 2.81 bits per heavy atom. The molecule has 0 saturated carbocycles. The van der Waals surface area contributed by atoms with Crippen LogP contribution in [0.4, 0.5) is 5.82 Å². The molecule has 1 N–H and O–H groups in total. The number of pyridine rings is 1. The Balaban J connectivity index is 1.99. The van der Waals surface area contributed by atoms with Gasteiger partial charge in [0.05, 0.1) is 5.02 Å². The Labute approximate surface area is 133 Å². The first-order valence-electron chi connectivity index (χ1n) is 7.77. The van der Waals surface area contributed by atoms with E-state index in [1.54, 1.807) is 0 Å². The fourth-order valence-electron chi connectivity index (χ4n) is 2.55. The maximum absolute atomic E-state index is 6.44. The molecule has 1 aliphatic rings. The normalized spacial score (nSPS) is 20.3. The van der Waals surface area contributed by atoms with Gasteiger partial charge in [0, 0.05) is 38.4 Å². The summed E-state index contributed by atoms with van der Waals surface area (Å²) in [5.74, 6) is 1.57. The molecule has 1 unspecified atom stereocenters. The third-order valence-corrected chi connectivity index (χ3v) is 4.30. The molecule has 1 atom stereocenters. The lowest BCUT2D eigenvalue weighted by molar-refractivity contribution is 0.233. The van der Waals surface area contributed by atoms with E-state index in [1.807, 2.05) is 12.3 Å². The van der Waals surface area contributed by atoms with Crippen LogP contribution in [0.15, 0.2) is 12.3 Å². The van der Waals surface area contributed by atoms with Crippen LogP contribution in [-0.2, 0) is 6.54 Å². The second-order valence-corrected chi connectivity index (χ2v) is 6.86. The average molecular weight is 311 g/mol. The van der Waals surface area contributed by atoms with Crippen LogP contribution in [0.5, 0.6) is 0 Å². The monoisotopic (exact) mass is 310 g/mol. The molecule has 0 amide bonds. The van der Waals surface area contributed by atoms with Gasteiger partial charge in [0.2, 0.25) is 0 Å². The summed E-state index contributed by atoms with van der Waals surface area (Å²) in [6.07, 6.45) is 1.94. The molecule has 118 valence electrons. The highest BCUT2D eigenvalue weighted by Crippen LogP contribution is 2.26. The van der Waals surface area contributed by atoms with Crippen molar-refractivity contribution < 1.29 is 0 Å². The van der Waals surface area contributed by atoms with Gasteiger partial charge in [-0.2, -0.15) is 0 Å². The number of piperazine rings is 1. The molecule has 1 saturated heterocycles. The first-order chi connectivity index (χ1) is 9.97. The fraction of sp³-hybridized carbons (Fsp3) is 0.688. The molecule has 0 radical (unpaired) electrons. The topological polar surface area (TPSA) is 31.4 Å². The Bertz CT molecular complexity index is 464. The molecule has 21 heavy (non-hydrogen) atoms. The van der Waals surface area contributed by atoms with Gasteiger partial charge in [0.25, 0.3) is 0 Å². The SMILES string of the molecule is CC(C)CNCc1cnc(N2CCN(C)C(C)C2)c(Cl)c1. The lowest BCUT2D eigenvalue weighted by Gasteiger charge is -2.38. The highest BCUT2D eigenvalue weighted by atomic mass is 35.5. The van der Waals surface area contributed by atoms with Crippen LogP contribution in [0, 0.1) is 5.92 Å². The van der Waals surface area contributed by atoms with Crippen molar-refractivity contribution in [1.29, 1.82) is 0 Å². The molecule has 1 fully saturated rings. The molecule has 1 aromatic rings. The molecule has 2 rings (SSSR count). The molecule has 0 aromatic carbocycles. The maximum atomic E-state index is 6.44. The van der Waals surface area contributed by atoms with Crippen LogP contribution < -0.4 is 10.2 Å². The molecule has 4 nitrogen and oxygen atoms in total. The lowest BCUT2D eigenvalue weighted by atomic mass is 10.2. The Hall–Kier alpha value is -0.840. The molecule has 5 heteroatoms. The molecule has 2 heterocycles. The van der Waals surface area contributed by atoms with Gasteiger partial charge in [-0.25, -0.2) is 4.98 Å². The van der Waals surface area contributed by atoms with Crippen molar-refractivity contribution in [2.24, 2.45) is 5.92 Å². The maximum Gasteiger partial charge on any atom is 0.147 e. The van der Waals surface area contributed by atoms with E-state index in [0.717, 1.165) is 49.1 Å². The quantitative estimate of drug-likeness (QED) is 0.906. The second kappa shape index (κ2) is 7.43. The number of aromatic nitrogens is 1. The summed E-state index contributed by atoms with van der Waals surface area (Å²) in [5.41, 5.74) is 1.14. The molecule has 0 bridgehead atoms. The highest BCUT2D eigenvalue weighted by molar-refractivity contribution is 6.33. The first-order valence-corrected chi connectivity index (χ1v) is 8.15. The van der Waals surface area contributed by atoms with E-state index in [1.165, 1.54) is 0 Å². The summed E-state index contributed by atoms with van der Waals surface area (Å²) in [6.45, 7) is 11.5. The van der Waals surface area contributed by atoms with Crippen LogP contribution in [0.1, 0.15) is 26.3 Å². The van der Waals surface area contributed by atoms with E-state index in [2.05, 4.69) is 47.9 Å². The van der Waals surface area contributed by atoms with Crippen molar-refractivity contribution >= 4 is 17.4 Å². The Morgan fingerprint density at radius 1 is 1.43 bits per heavy atom. The van der Waals surface area contributed by atoms with Gasteiger partial charge in [-0.3, -0.25) is 0 Å². The number of nitrogens with zero attached hydrogens (tertiary/aromatic N) is 3. The summed E-state index contributed by atoms with van der Waals surface area (Å²) in [5, 5.41) is 4.18. The first kappa shape index (κ1) is 16.5. The van der Waals surface area contributed by atoms with Crippen LogP contribution in [-0.4, -0.2) is 49.2 Å². The predicted octanol–water partition coefficient (Wildman–Crippen LogP) is 2.62. The number of halogens is 1. The smallest absolute Gasteiger partial charge is 0.147 e. The predicted molar refractivity (Wildman–Crippen MR) is 90.1 cm³/mol. The fourth-order valence-corrected chi connectivity index (χ4v) is 2.85. The zero-order valence-electron chi connectivity index (χ0n) is 13.6. The van der Waals surface area contributed by atoms with E-state index in [0.29, 0.717) is 12.0 Å². The number of likely N-dealkylation sites (N-methyl/N-ethyl adjacent to an activating group) is 1. The van der Waals surface area contributed by atoms with Crippen molar-refractivity contribution in [2.45, 2.75) is 33.4 Å². The van der Waals surface area contributed by atoms with Crippen LogP contribution in [0.3, 0.4) is 0 Å². The van der Waals surface area contributed by atoms with Crippen molar-refractivity contribution in [3.8, 4) is 0 Å². The summed E-state index contributed by atoms with van der Waals surface area (Å²) in [4.78, 5) is 9.25. The number of anilines is 1. The molecule has 0 spiro atoms. The van der Waals surface area contributed by atoms with E-state index in [9.17, 15) is 0 Å². The van der Waals surface area contributed by atoms with Gasteiger partial charge in [0.1, 0.15) is 5.82 Å². The molecular formula is C16H27ClN4. The van der Waals surface area contributed by atoms with Gasteiger partial charge in [-0.1, -0.05) is 25.4 Å². The Kier molecular flexibility index (Phi) is 5.85. The van der Waals surface area contributed by atoms with Gasteiger partial charge >= 0.3 is 0 Å². The standard InChI is InChI=1S/C16H27ClN4/c1-12(2)8-18-9-14-7-15(17)16(19-10-14)21-6-5-20(4)13(3)11-21/h7,10,12-13,18H,5-6,8-9,11H2,1-4H3. The minimum atomic E-state index is 0.531. The largest absolute Gasteiger partial charge is 0.353 e. The van der Waals surface area contributed by atoms with Crippen molar-refractivity contribution in [1.82, 2.24) is 15.2 Å². The van der Waals surface area contributed by atoms with Gasteiger partial charge in [-0.15, -0.1) is 0 Å². The lowest BCUT2D eigenvalue weighted by Crippen LogP contribution is -2.50. The molecular weight excluding hydrogens is 284 g/mol. The van der Waals surface area contributed by atoms with Crippen molar-refractivity contribution in [3.63, 3.8) is 0 Å². The van der Waals surface area contributed by atoms with Crippen LogP contribution in [0.25, 0.3) is 0 Å².